The molecule has 2 aliphatic rings. The Balaban J connectivity index is 0.000000258. The molecule has 0 radical (unpaired) electrons. The number of nitrogens with zero attached hydrogens (tertiary/aromatic N) is 1. The van der Waals surface area contributed by atoms with E-state index < -0.39 is 10.4 Å². The monoisotopic (exact) mass is 293 g/mol. The van der Waals surface area contributed by atoms with Gasteiger partial charge in [-0.05, 0) is 38.3 Å². The second-order valence-corrected chi connectivity index (χ2v) is 5.57. The highest BCUT2D eigenvalue weighted by atomic mass is 32.3. The minimum Gasteiger partial charge on any atom is -0.375 e. The quantitative estimate of drug-likeness (QED) is 0.630. The highest BCUT2D eigenvalue weighted by molar-refractivity contribution is 7.80. The van der Waals surface area contributed by atoms with Gasteiger partial charge in [0, 0.05) is 13.6 Å². The normalized spacial score (nSPS) is 23.4. The Labute approximate surface area is 115 Å². The zero-order chi connectivity index (χ0) is 14.3. The van der Waals surface area contributed by atoms with E-state index in [0.29, 0.717) is 6.17 Å². The van der Waals surface area contributed by atoms with Crippen molar-refractivity contribution in [3.05, 3.63) is 11.9 Å². The van der Waals surface area contributed by atoms with E-state index in [1.165, 1.54) is 44.6 Å². The molecule has 1 saturated heterocycles. The van der Waals surface area contributed by atoms with Crippen LogP contribution in [0.4, 0.5) is 0 Å². The topological polar surface area (TPSA) is 90.9 Å². The van der Waals surface area contributed by atoms with Gasteiger partial charge in [-0.15, -0.1) is 0 Å². The van der Waals surface area contributed by atoms with E-state index in [1.807, 2.05) is 7.05 Å². The average Bonchev–Trinajstić information content (AvgIpc) is 2.60. The molecule has 3 N–H and O–H groups in total. The number of nitrogens with one attached hydrogen (secondary N) is 2. The van der Waals surface area contributed by atoms with Crippen LogP contribution in [-0.2, 0) is 14.6 Å². The first kappa shape index (κ1) is 16.2. The van der Waals surface area contributed by atoms with Crippen molar-refractivity contribution in [2.45, 2.75) is 31.8 Å². The average molecular weight is 293 g/mol. The van der Waals surface area contributed by atoms with Crippen LogP contribution in [0.15, 0.2) is 11.9 Å². The maximum Gasteiger partial charge on any atom is 0.397 e. The fourth-order valence-corrected chi connectivity index (χ4v) is 2.24. The number of allylic oxidation sites excluding steroid dienone is 1. The first-order valence-corrected chi connectivity index (χ1v) is 7.75. The second-order valence-electron chi connectivity index (χ2n) is 4.38. The Hall–Kier alpha value is -0.830. The molecule has 0 spiro atoms. The predicted octanol–water partition coefficient (Wildman–Crippen LogP) is 0.288. The standard InChI is InChI=1S/C10H19N3.CH4O4S/c1-11-9-5-2-3-6-10-12-7-4-8-13(9)10;1-5-6(2,3)4/h5,10-12H,2-4,6-8H2,1H3;1H3,(H,2,3,4). The van der Waals surface area contributed by atoms with E-state index in [4.69, 9.17) is 4.55 Å². The molecule has 0 saturated carbocycles. The number of fused-ring (bicyclic) bond motifs is 1. The molecule has 1 atom stereocenters. The van der Waals surface area contributed by atoms with Crippen molar-refractivity contribution in [2.75, 3.05) is 27.2 Å². The Bertz CT molecular complexity index is 397. The van der Waals surface area contributed by atoms with Gasteiger partial charge in [-0.3, -0.25) is 14.1 Å². The molecule has 0 amide bonds. The molecule has 0 aliphatic carbocycles. The van der Waals surface area contributed by atoms with Crippen molar-refractivity contribution in [1.82, 2.24) is 15.5 Å². The lowest BCUT2D eigenvalue weighted by Gasteiger charge is -2.38. The lowest BCUT2D eigenvalue weighted by Crippen LogP contribution is -2.51. The SMILES string of the molecule is CNC1=CCCCC2NCCCN12.COS(=O)(=O)O. The maximum absolute atomic E-state index is 9.33. The number of hydrogen-bond acceptors (Lipinski definition) is 6. The Morgan fingerprint density at radius 2 is 2.21 bits per heavy atom. The molecule has 1 fully saturated rings. The summed E-state index contributed by atoms with van der Waals surface area (Å²) < 4.78 is 29.7. The molecule has 112 valence electrons. The van der Waals surface area contributed by atoms with Gasteiger partial charge in [-0.2, -0.15) is 8.42 Å². The zero-order valence-electron chi connectivity index (χ0n) is 11.4. The zero-order valence-corrected chi connectivity index (χ0v) is 12.2. The summed E-state index contributed by atoms with van der Waals surface area (Å²) in [6, 6.07) is 0. The molecular formula is C11H23N3O4S. The third-order valence-electron chi connectivity index (χ3n) is 3.13. The van der Waals surface area contributed by atoms with Gasteiger partial charge < -0.3 is 10.2 Å². The molecule has 0 aromatic carbocycles. The summed E-state index contributed by atoms with van der Waals surface area (Å²) in [5.41, 5.74) is 0. The summed E-state index contributed by atoms with van der Waals surface area (Å²) in [6.07, 6.45) is 7.96. The number of rotatable bonds is 2. The Kier molecular flexibility index (Phi) is 6.56. The molecule has 1 unspecified atom stereocenters. The van der Waals surface area contributed by atoms with E-state index >= 15 is 0 Å². The van der Waals surface area contributed by atoms with Gasteiger partial charge in [0.15, 0.2) is 0 Å². The molecule has 19 heavy (non-hydrogen) atoms. The van der Waals surface area contributed by atoms with Crippen LogP contribution in [0.5, 0.6) is 0 Å². The largest absolute Gasteiger partial charge is 0.397 e. The molecule has 8 heteroatoms. The van der Waals surface area contributed by atoms with Crippen LogP contribution >= 0.6 is 0 Å². The predicted molar refractivity (Wildman–Crippen MR) is 72.7 cm³/mol. The van der Waals surface area contributed by atoms with Crippen LogP contribution in [0.1, 0.15) is 25.7 Å². The van der Waals surface area contributed by atoms with Crippen molar-refractivity contribution in [1.29, 1.82) is 0 Å². The lowest BCUT2D eigenvalue weighted by molar-refractivity contribution is 0.159. The van der Waals surface area contributed by atoms with Crippen LogP contribution in [-0.4, -0.2) is 51.3 Å². The van der Waals surface area contributed by atoms with Crippen molar-refractivity contribution >= 4 is 10.4 Å². The highest BCUT2D eigenvalue weighted by Crippen LogP contribution is 2.19. The molecule has 0 bridgehead atoms. The minimum absolute atomic E-state index is 0.579. The Morgan fingerprint density at radius 3 is 2.79 bits per heavy atom. The van der Waals surface area contributed by atoms with E-state index in [2.05, 4.69) is 25.8 Å². The molecule has 2 heterocycles. The van der Waals surface area contributed by atoms with Crippen LogP contribution < -0.4 is 10.6 Å². The van der Waals surface area contributed by atoms with Crippen LogP contribution in [0.2, 0.25) is 0 Å². The van der Waals surface area contributed by atoms with Gasteiger partial charge in [0.1, 0.15) is 0 Å². The van der Waals surface area contributed by atoms with Gasteiger partial charge in [0.25, 0.3) is 0 Å². The Morgan fingerprint density at radius 1 is 1.53 bits per heavy atom. The van der Waals surface area contributed by atoms with E-state index in [9.17, 15) is 8.42 Å². The first-order valence-electron chi connectivity index (χ1n) is 6.39. The summed E-state index contributed by atoms with van der Waals surface area (Å²) in [5, 5.41) is 6.86. The molecule has 2 aliphatic heterocycles. The minimum atomic E-state index is -4.16. The third kappa shape index (κ3) is 5.77. The van der Waals surface area contributed by atoms with Gasteiger partial charge in [-0.25, -0.2) is 0 Å². The van der Waals surface area contributed by atoms with E-state index in [1.54, 1.807) is 0 Å². The maximum atomic E-state index is 9.33. The van der Waals surface area contributed by atoms with E-state index in [0.717, 1.165) is 7.11 Å². The molecule has 0 aromatic rings. The molecular weight excluding hydrogens is 270 g/mol. The summed E-state index contributed by atoms with van der Waals surface area (Å²) in [4.78, 5) is 2.47. The van der Waals surface area contributed by atoms with Gasteiger partial charge in [0.05, 0.1) is 19.1 Å². The van der Waals surface area contributed by atoms with Gasteiger partial charge in [-0.1, -0.05) is 0 Å². The summed E-state index contributed by atoms with van der Waals surface area (Å²) in [6.45, 7) is 2.38. The summed E-state index contributed by atoms with van der Waals surface area (Å²) in [7, 11) is -1.27. The fourth-order valence-electron chi connectivity index (χ4n) is 2.24. The van der Waals surface area contributed by atoms with Gasteiger partial charge in [0.2, 0.25) is 0 Å². The third-order valence-corrected chi connectivity index (χ3v) is 3.55. The van der Waals surface area contributed by atoms with Crippen LogP contribution in [0.25, 0.3) is 0 Å². The fraction of sp³-hybridized carbons (Fsp3) is 0.818. The van der Waals surface area contributed by atoms with Crippen molar-refractivity contribution in [3.8, 4) is 0 Å². The summed E-state index contributed by atoms with van der Waals surface area (Å²) >= 11 is 0. The lowest BCUT2D eigenvalue weighted by atomic mass is 10.2. The summed E-state index contributed by atoms with van der Waals surface area (Å²) in [5.74, 6) is 1.31. The van der Waals surface area contributed by atoms with Gasteiger partial charge >= 0.3 is 10.4 Å². The van der Waals surface area contributed by atoms with Crippen molar-refractivity contribution in [3.63, 3.8) is 0 Å². The molecule has 7 nitrogen and oxygen atoms in total. The highest BCUT2D eigenvalue weighted by Gasteiger charge is 2.24. The van der Waals surface area contributed by atoms with Crippen LogP contribution in [0, 0.1) is 0 Å². The molecule has 2 rings (SSSR count). The van der Waals surface area contributed by atoms with E-state index in [-0.39, 0.29) is 0 Å². The van der Waals surface area contributed by atoms with Crippen molar-refractivity contribution < 1.29 is 17.2 Å². The number of hydrogen-bond donors (Lipinski definition) is 3. The molecule has 0 aromatic heterocycles. The van der Waals surface area contributed by atoms with Crippen LogP contribution in [0.3, 0.4) is 0 Å². The second kappa shape index (κ2) is 7.68. The first-order chi connectivity index (χ1) is 8.98. The smallest absolute Gasteiger partial charge is 0.375 e. The van der Waals surface area contributed by atoms with Crippen molar-refractivity contribution in [2.24, 2.45) is 0 Å².